The van der Waals surface area contributed by atoms with E-state index in [-0.39, 0.29) is 29.9 Å². The zero-order valence-electron chi connectivity index (χ0n) is 24.3. The summed E-state index contributed by atoms with van der Waals surface area (Å²) in [6.45, 7) is 13.9. The van der Waals surface area contributed by atoms with Gasteiger partial charge in [0.05, 0.1) is 11.8 Å². The van der Waals surface area contributed by atoms with E-state index < -0.39 is 12.1 Å². The van der Waals surface area contributed by atoms with Gasteiger partial charge >= 0.3 is 0 Å². The zero-order chi connectivity index (χ0) is 29.5. The van der Waals surface area contributed by atoms with Gasteiger partial charge in [0.1, 0.15) is 30.5 Å². The van der Waals surface area contributed by atoms with E-state index in [1.807, 2.05) is 32.0 Å². The Morgan fingerprint density at radius 2 is 1.88 bits per heavy atom. The summed E-state index contributed by atoms with van der Waals surface area (Å²) in [6.07, 6.45) is 4.93. The summed E-state index contributed by atoms with van der Waals surface area (Å²) < 4.78 is 11.7. The number of nitrogens with zero attached hydrogens (tertiary/aromatic N) is 1. The third-order valence-corrected chi connectivity index (χ3v) is 7.73. The van der Waals surface area contributed by atoms with Crippen LogP contribution in [0.15, 0.2) is 67.5 Å². The van der Waals surface area contributed by atoms with Gasteiger partial charge in [0.15, 0.2) is 0 Å². The van der Waals surface area contributed by atoms with E-state index in [4.69, 9.17) is 9.47 Å². The molecule has 4 rings (SSSR count). The Morgan fingerprint density at radius 3 is 2.56 bits per heavy atom. The lowest BCUT2D eigenvalue weighted by Gasteiger charge is -2.29. The van der Waals surface area contributed by atoms with Crippen LogP contribution in [0.2, 0.25) is 0 Å². The highest BCUT2D eigenvalue weighted by molar-refractivity contribution is 5.99. The number of hydrogen-bond acceptors (Lipinski definition) is 5. The van der Waals surface area contributed by atoms with Gasteiger partial charge in [-0.3, -0.25) is 14.4 Å². The molecule has 2 fully saturated rings. The molecule has 2 saturated heterocycles. The summed E-state index contributed by atoms with van der Waals surface area (Å²) in [5.74, 6) is 0.562. The minimum absolute atomic E-state index is 0.170. The van der Waals surface area contributed by atoms with E-state index in [1.54, 1.807) is 30.0 Å². The summed E-state index contributed by atoms with van der Waals surface area (Å²) in [7, 11) is 0. The fraction of sp³-hybridized carbons (Fsp3) is 0.424. The van der Waals surface area contributed by atoms with E-state index in [0.29, 0.717) is 37.3 Å². The molecule has 2 aliphatic rings. The van der Waals surface area contributed by atoms with Crippen molar-refractivity contribution in [1.82, 2.24) is 15.5 Å². The predicted octanol–water partition coefficient (Wildman–Crippen LogP) is 4.40. The van der Waals surface area contributed by atoms with Crippen LogP contribution in [-0.2, 0) is 20.7 Å². The summed E-state index contributed by atoms with van der Waals surface area (Å²) >= 11 is 0. The number of amides is 3. The summed E-state index contributed by atoms with van der Waals surface area (Å²) in [5, 5.41) is 5.95. The van der Waals surface area contributed by atoms with Crippen molar-refractivity contribution < 1.29 is 23.9 Å². The van der Waals surface area contributed by atoms with Crippen LogP contribution in [0.1, 0.15) is 59.7 Å². The minimum Gasteiger partial charge on any atom is -0.493 e. The second-order valence-electron chi connectivity index (χ2n) is 11.0. The molecular weight excluding hydrogens is 518 g/mol. The molecule has 0 aromatic heterocycles. The number of rotatable bonds is 11. The molecule has 41 heavy (non-hydrogen) atoms. The molecule has 4 unspecified atom stereocenters. The van der Waals surface area contributed by atoms with Crippen LogP contribution in [0, 0.1) is 13.8 Å². The Hall–Kier alpha value is -4.07. The molecule has 2 heterocycles. The van der Waals surface area contributed by atoms with Gasteiger partial charge in [-0.25, -0.2) is 0 Å². The van der Waals surface area contributed by atoms with Crippen molar-refractivity contribution in [3.05, 3.63) is 89.7 Å². The lowest BCUT2D eigenvalue weighted by Crippen LogP contribution is -2.54. The van der Waals surface area contributed by atoms with Gasteiger partial charge in [0, 0.05) is 18.5 Å². The Morgan fingerprint density at radius 1 is 1.17 bits per heavy atom. The fourth-order valence-electron chi connectivity index (χ4n) is 5.70. The summed E-state index contributed by atoms with van der Waals surface area (Å²) in [6, 6.07) is 12.1. The van der Waals surface area contributed by atoms with Crippen molar-refractivity contribution in [1.29, 1.82) is 0 Å². The van der Waals surface area contributed by atoms with E-state index in [2.05, 4.69) is 35.9 Å². The van der Waals surface area contributed by atoms with Crippen LogP contribution in [-0.4, -0.2) is 60.0 Å². The Kier molecular flexibility index (Phi) is 9.86. The molecule has 0 saturated carbocycles. The van der Waals surface area contributed by atoms with Crippen molar-refractivity contribution in [2.45, 2.75) is 77.1 Å². The van der Waals surface area contributed by atoms with Crippen molar-refractivity contribution in [2.24, 2.45) is 0 Å². The number of carbonyl (C=O) groups excluding carboxylic acids is 3. The first kappa shape index (κ1) is 29.9. The van der Waals surface area contributed by atoms with Gasteiger partial charge in [0.2, 0.25) is 11.8 Å². The highest BCUT2D eigenvalue weighted by Gasteiger charge is 2.39. The normalized spacial score (nSPS) is 20.7. The molecule has 0 aliphatic carbocycles. The fourth-order valence-corrected chi connectivity index (χ4v) is 5.70. The Bertz CT molecular complexity index is 1270. The number of nitrogens with one attached hydrogen (secondary N) is 2. The average Bonchev–Trinajstić information content (AvgIpc) is 3.58. The van der Waals surface area contributed by atoms with Crippen molar-refractivity contribution in [3.8, 4) is 5.75 Å². The maximum absolute atomic E-state index is 13.4. The summed E-state index contributed by atoms with van der Waals surface area (Å²) in [4.78, 5) is 41.4. The molecule has 8 heteroatoms. The van der Waals surface area contributed by atoms with E-state index in [0.717, 1.165) is 36.1 Å². The first-order valence-electron chi connectivity index (χ1n) is 14.3. The average molecular weight is 560 g/mol. The topological polar surface area (TPSA) is 97.0 Å². The summed E-state index contributed by atoms with van der Waals surface area (Å²) in [5.41, 5.74) is 3.31. The van der Waals surface area contributed by atoms with E-state index >= 15 is 0 Å². The second kappa shape index (κ2) is 13.5. The molecule has 0 bridgehead atoms. The Labute approximate surface area is 242 Å². The number of ether oxygens (including phenoxy) is 2. The van der Waals surface area contributed by atoms with Crippen LogP contribution in [0.25, 0.3) is 0 Å². The van der Waals surface area contributed by atoms with Crippen molar-refractivity contribution in [2.75, 3.05) is 13.2 Å². The number of likely N-dealkylation sites (tertiary alicyclic amines) is 1. The Balaban J connectivity index is 1.35. The van der Waals surface area contributed by atoms with E-state index in [9.17, 15) is 14.4 Å². The van der Waals surface area contributed by atoms with Crippen LogP contribution in [0.4, 0.5) is 0 Å². The standard InChI is InChI=1S/C33H41N3O5/c1-6-17-40-30-21(2)18-26(19-22(30)3)31(37)34-24(5)33(39)36-16-10-13-28(36)32(38)35-27-20-23(4)41-29(27)15-14-25-11-8-7-9-12-25/h6-9,11-12,18-19,24,27-29H,1,4,10,13-17,20H2,2-3,5H3,(H,34,37)(H,35,38). The monoisotopic (exact) mass is 559 g/mol. The van der Waals surface area contributed by atoms with Gasteiger partial charge in [-0.15, -0.1) is 0 Å². The quantitative estimate of drug-likeness (QED) is 0.398. The van der Waals surface area contributed by atoms with Crippen LogP contribution in [0.3, 0.4) is 0 Å². The number of aryl methyl sites for hydroxylation is 3. The van der Waals surface area contributed by atoms with Crippen LogP contribution < -0.4 is 15.4 Å². The van der Waals surface area contributed by atoms with Gasteiger partial charge in [-0.05, 0) is 75.3 Å². The largest absolute Gasteiger partial charge is 0.493 e. The number of carbonyl (C=O) groups is 3. The molecule has 2 aromatic rings. The molecule has 2 aliphatic heterocycles. The molecule has 0 radical (unpaired) electrons. The third-order valence-electron chi connectivity index (χ3n) is 7.73. The maximum atomic E-state index is 13.4. The molecule has 0 spiro atoms. The molecule has 3 amide bonds. The van der Waals surface area contributed by atoms with Gasteiger partial charge in [-0.2, -0.15) is 0 Å². The highest BCUT2D eigenvalue weighted by atomic mass is 16.5. The predicted molar refractivity (Wildman–Crippen MR) is 159 cm³/mol. The molecule has 218 valence electrons. The minimum atomic E-state index is -0.790. The smallest absolute Gasteiger partial charge is 0.251 e. The van der Waals surface area contributed by atoms with Crippen LogP contribution in [0.5, 0.6) is 5.75 Å². The molecular formula is C33H41N3O5. The SMILES string of the molecule is C=CCOc1c(C)cc(C(=O)NC(C)C(=O)N2CCCC2C(=O)NC2CC(=C)OC2CCc2ccccc2)cc1C. The van der Waals surface area contributed by atoms with Gasteiger partial charge < -0.3 is 25.0 Å². The number of hydrogen-bond donors (Lipinski definition) is 2. The second-order valence-corrected chi connectivity index (χ2v) is 11.0. The van der Waals surface area contributed by atoms with Crippen molar-refractivity contribution >= 4 is 17.7 Å². The molecule has 4 atom stereocenters. The maximum Gasteiger partial charge on any atom is 0.251 e. The van der Waals surface area contributed by atoms with Gasteiger partial charge in [-0.1, -0.05) is 49.6 Å². The first-order chi connectivity index (χ1) is 19.7. The van der Waals surface area contributed by atoms with Crippen LogP contribution >= 0.6 is 0 Å². The zero-order valence-corrected chi connectivity index (χ0v) is 24.3. The van der Waals surface area contributed by atoms with Crippen molar-refractivity contribution in [3.63, 3.8) is 0 Å². The molecule has 2 aromatic carbocycles. The first-order valence-corrected chi connectivity index (χ1v) is 14.3. The van der Waals surface area contributed by atoms with Gasteiger partial charge in [0.25, 0.3) is 5.91 Å². The van der Waals surface area contributed by atoms with E-state index in [1.165, 1.54) is 5.56 Å². The molecule has 8 nitrogen and oxygen atoms in total. The highest BCUT2D eigenvalue weighted by Crippen LogP contribution is 2.28. The number of benzene rings is 2. The third kappa shape index (κ3) is 7.37. The lowest BCUT2D eigenvalue weighted by atomic mass is 10.0. The lowest BCUT2D eigenvalue weighted by molar-refractivity contribution is -0.140. The molecule has 2 N–H and O–H groups in total.